The molecule has 0 atom stereocenters. The Morgan fingerprint density at radius 1 is 1.10 bits per heavy atom. The number of carbonyl (C=O) groups excluding carboxylic acids is 1. The average Bonchev–Trinajstić information content (AvgIpc) is 3.09. The molecule has 0 radical (unpaired) electrons. The molecule has 8 heteroatoms. The van der Waals surface area contributed by atoms with Crippen LogP contribution in [0.15, 0.2) is 65.5 Å². The fourth-order valence-corrected chi connectivity index (χ4v) is 3.76. The largest absolute Gasteiger partial charge is 0.445 e. The van der Waals surface area contributed by atoms with Crippen LogP contribution in [0.5, 0.6) is 0 Å². The maximum Gasteiger partial charge on any atom is 0.410 e. The average molecular weight is 415 g/mol. The quantitative estimate of drug-likeness (QED) is 0.553. The van der Waals surface area contributed by atoms with Gasteiger partial charge in [0.05, 0.1) is 17.3 Å². The van der Waals surface area contributed by atoms with Gasteiger partial charge >= 0.3 is 6.09 Å². The standard InChI is InChI=1S/C23H21N5O3/c1-15-19-21(28(26-15)18-10-6-3-7-11-18)24-20(25-22(19)29)17-12-27(13-17)23(30)31-14-16-8-4-2-5-9-16/h2-11,17H,12-14H2,1H3,(H,24,25,29). The molecule has 2 aromatic carbocycles. The SMILES string of the molecule is Cc1nn(-c2ccccc2)c2nc(C3CN(C(=O)OCc4ccccc4)C3)[nH]c(=O)c12. The number of amides is 1. The van der Waals surface area contributed by atoms with E-state index in [1.165, 1.54) is 0 Å². The lowest BCUT2D eigenvalue weighted by Gasteiger charge is -2.37. The van der Waals surface area contributed by atoms with Crippen LogP contribution in [-0.2, 0) is 11.3 Å². The number of benzene rings is 2. The second-order valence-corrected chi connectivity index (χ2v) is 7.62. The van der Waals surface area contributed by atoms with Gasteiger partial charge in [0, 0.05) is 13.1 Å². The molecule has 1 fully saturated rings. The minimum absolute atomic E-state index is 0.0548. The number of ether oxygens (including phenoxy) is 1. The van der Waals surface area contributed by atoms with Crippen LogP contribution >= 0.6 is 0 Å². The van der Waals surface area contributed by atoms with E-state index in [-0.39, 0.29) is 24.2 Å². The Hall–Kier alpha value is -3.94. The van der Waals surface area contributed by atoms with E-state index in [0.29, 0.717) is 35.6 Å². The van der Waals surface area contributed by atoms with Crippen LogP contribution in [0.25, 0.3) is 16.7 Å². The van der Waals surface area contributed by atoms with Crippen molar-refractivity contribution in [1.29, 1.82) is 0 Å². The van der Waals surface area contributed by atoms with Gasteiger partial charge in [-0.25, -0.2) is 14.5 Å². The third-order valence-corrected chi connectivity index (χ3v) is 5.46. The summed E-state index contributed by atoms with van der Waals surface area (Å²) in [5.74, 6) is 0.502. The number of fused-ring (bicyclic) bond motifs is 1. The maximum atomic E-state index is 12.7. The lowest BCUT2D eigenvalue weighted by Crippen LogP contribution is -2.49. The van der Waals surface area contributed by atoms with Crippen LogP contribution < -0.4 is 5.56 Å². The third kappa shape index (κ3) is 3.56. The molecule has 2 aromatic heterocycles. The first-order valence-electron chi connectivity index (χ1n) is 10.1. The number of aromatic nitrogens is 4. The van der Waals surface area contributed by atoms with Gasteiger partial charge < -0.3 is 14.6 Å². The number of para-hydroxylation sites is 1. The van der Waals surface area contributed by atoms with E-state index >= 15 is 0 Å². The number of aromatic amines is 1. The van der Waals surface area contributed by atoms with E-state index in [1.807, 2.05) is 60.7 Å². The van der Waals surface area contributed by atoms with Gasteiger partial charge in [-0.1, -0.05) is 48.5 Å². The van der Waals surface area contributed by atoms with Crippen molar-refractivity contribution in [1.82, 2.24) is 24.6 Å². The van der Waals surface area contributed by atoms with Gasteiger partial charge in [-0.05, 0) is 24.6 Å². The van der Waals surface area contributed by atoms with Crippen molar-refractivity contribution in [3.63, 3.8) is 0 Å². The Morgan fingerprint density at radius 2 is 1.77 bits per heavy atom. The number of hydrogen-bond donors (Lipinski definition) is 1. The minimum Gasteiger partial charge on any atom is -0.445 e. The Labute approximate surface area is 178 Å². The van der Waals surface area contributed by atoms with Gasteiger partial charge in [0.1, 0.15) is 17.8 Å². The molecule has 31 heavy (non-hydrogen) atoms. The topological polar surface area (TPSA) is 93.1 Å². The van der Waals surface area contributed by atoms with Gasteiger partial charge in [-0.3, -0.25) is 4.79 Å². The summed E-state index contributed by atoms with van der Waals surface area (Å²) in [6.07, 6.45) is -0.367. The smallest absolute Gasteiger partial charge is 0.410 e. The van der Waals surface area contributed by atoms with E-state index in [0.717, 1.165) is 11.3 Å². The maximum absolute atomic E-state index is 12.7. The highest BCUT2D eigenvalue weighted by atomic mass is 16.6. The number of aryl methyl sites for hydroxylation is 1. The molecule has 0 unspecified atom stereocenters. The number of nitrogens with one attached hydrogen (secondary N) is 1. The molecule has 156 valence electrons. The van der Waals surface area contributed by atoms with Crippen molar-refractivity contribution in [3.8, 4) is 5.69 Å². The number of H-pyrrole nitrogens is 1. The zero-order chi connectivity index (χ0) is 21.4. The second kappa shape index (κ2) is 7.71. The van der Waals surface area contributed by atoms with Gasteiger partial charge in [0.15, 0.2) is 5.65 Å². The van der Waals surface area contributed by atoms with Crippen LogP contribution in [0.2, 0.25) is 0 Å². The molecular formula is C23H21N5O3. The van der Waals surface area contributed by atoms with Crippen molar-refractivity contribution in [2.75, 3.05) is 13.1 Å². The molecule has 1 saturated heterocycles. The fraction of sp³-hybridized carbons (Fsp3) is 0.217. The lowest BCUT2D eigenvalue weighted by atomic mass is 10.00. The highest BCUT2D eigenvalue weighted by Crippen LogP contribution is 2.26. The predicted molar refractivity (Wildman–Crippen MR) is 115 cm³/mol. The summed E-state index contributed by atoms with van der Waals surface area (Å²) in [4.78, 5) is 34.2. The highest BCUT2D eigenvalue weighted by Gasteiger charge is 2.35. The predicted octanol–water partition coefficient (Wildman–Crippen LogP) is 3.15. The van der Waals surface area contributed by atoms with Crippen LogP contribution in [0.4, 0.5) is 4.79 Å². The van der Waals surface area contributed by atoms with E-state index in [9.17, 15) is 9.59 Å². The van der Waals surface area contributed by atoms with E-state index in [4.69, 9.17) is 9.72 Å². The molecular weight excluding hydrogens is 394 g/mol. The first-order valence-corrected chi connectivity index (χ1v) is 10.1. The molecule has 4 aromatic rings. The van der Waals surface area contributed by atoms with Crippen LogP contribution in [-0.4, -0.2) is 43.8 Å². The van der Waals surface area contributed by atoms with Crippen LogP contribution in [0.1, 0.15) is 23.0 Å². The Kier molecular flexibility index (Phi) is 4.74. The molecule has 0 bridgehead atoms. The molecule has 5 rings (SSSR count). The van der Waals surface area contributed by atoms with Gasteiger partial charge in [-0.15, -0.1) is 0 Å². The Bertz CT molecular complexity index is 1290. The second-order valence-electron chi connectivity index (χ2n) is 7.62. The van der Waals surface area contributed by atoms with Crippen LogP contribution in [0.3, 0.4) is 0 Å². The van der Waals surface area contributed by atoms with Crippen molar-refractivity contribution >= 4 is 17.1 Å². The zero-order valence-corrected chi connectivity index (χ0v) is 17.0. The lowest BCUT2D eigenvalue weighted by molar-refractivity contribution is 0.0650. The van der Waals surface area contributed by atoms with E-state index in [1.54, 1.807) is 16.5 Å². The first kappa shape index (κ1) is 19.0. The fourth-order valence-electron chi connectivity index (χ4n) is 3.76. The Morgan fingerprint density at radius 3 is 2.48 bits per heavy atom. The summed E-state index contributed by atoms with van der Waals surface area (Å²) in [5.41, 5.74) is 2.70. The highest BCUT2D eigenvalue weighted by molar-refractivity contribution is 5.79. The summed E-state index contributed by atoms with van der Waals surface area (Å²) >= 11 is 0. The first-order chi connectivity index (χ1) is 15.1. The monoisotopic (exact) mass is 415 g/mol. The number of hydrogen-bond acceptors (Lipinski definition) is 5. The van der Waals surface area contributed by atoms with Gasteiger partial charge in [0.2, 0.25) is 0 Å². The molecule has 0 saturated carbocycles. The van der Waals surface area contributed by atoms with Crippen molar-refractivity contribution in [3.05, 3.63) is 88.1 Å². The molecule has 3 heterocycles. The third-order valence-electron chi connectivity index (χ3n) is 5.46. The number of nitrogens with zero attached hydrogens (tertiary/aromatic N) is 4. The van der Waals surface area contributed by atoms with Crippen molar-refractivity contribution < 1.29 is 9.53 Å². The molecule has 1 aliphatic heterocycles. The van der Waals surface area contributed by atoms with E-state index in [2.05, 4.69) is 10.1 Å². The number of likely N-dealkylation sites (tertiary alicyclic amines) is 1. The van der Waals surface area contributed by atoms with Gasteiger partial charge in [0.25, 0.3) is 5.56 Å². The molecule has 0 aliphatic carbocycles. The van der Waals surface area contributed by atoms with Gasteiger partial charge in [-0.2, -0.15) is 5.10 Å². The summed E-state index contributed by atoms with van der Waals surface area (Å²) in [6, 6.07) is 19.1. The van der Waals surface area contributed by atoms with Crippen LogP contribution in [0, 0.1) is 6.92 Å². The summed E-state index contributed by atoms with van der Waals surface area (Å²) in [5, 5.41) is 4.99. The summed E-state index contributed by atoms with van der Waals surface area (Å²) in [6.45, 7) is 2.92. The number of carbonyl (C=O) groups is 1. The minimum atomic E-state index is -0.367. The molecule has 8 nitrogen and oxygen atoms in total. The normalized spacial score (nSPS) is 13.9. The van der Waals surface area contributed by atoms with Crippen molar-refractivity contribution in [2.24, 2.45) is 0 Å². The molecule has 0 spiro atoms. The van der Waals surface area contributed by atoms with E-state index < -0.39 is 0 Å². The molecule has 1 amide bonds. The van der Waals surface area contributed by atoms with Crippen molar-refractivity contribution in [2.45, 2.75) is 19.4 Å². The molecule has 1 N–H and O–H groups in total. The summed E-state index contributed by atoms with van der Waals surface area (Å²) < 4.78 is 7.06. The number of rotatable bonds is 4. The Balaban J connectivity index is 1.34. The molecule has 1 aliphatic rings. The zero-order valence-electron chi connectivity index (χ0n) is 17.0. The summed E-state index contributed by atoms with van der Waals surface area (Å²) in [7, 11) is 0.